The molecule has 2 aromatic rings. The Labute approximate surface area is 152 Å². The van der Waals surface area contributed by atoms with Crippen LogP contribution in [-0.2, 0) is 11.2 Å². The Kier molecular flexibility index (Phi) is 4.44. The van der Waals surface area contributed by atoms with Crippen LogP contribution in [0.4, 0.5) is 0 Å². The van der Waals surface area contributed by atoms with Crippen LogP contribution in [0.15, 0.2) is 30.6 Å². The largest absolute Gasteiger partial charge is 0.348 e. The molecular formula is C19H23N5O2. The molecule has 0 aromatic carbocycles. The van der Waals surface area contributed by atoms with Crippen LogP contribution < -0.4 is 5.32 Å². The first-order valence-corrected chi connectivity index (χ1v) is 9.09. The Morgan fingerprint density at radius 3 is 2.96 bits per heavy atom. The number of rotatable bonds is 4. The zero-order chi connectivity index (χ0) is 18.1. The fourth-order valence-electron chi connectivity index (χ4n) is 4.21. The number of carbonyl (C=O) groups is 2. The van der Waals surface area contributed by atoms with Crippen LogP contribution >= 0.6 is 0 Å². The second-order valence-corrected chi connectivity index (χ2v) is 7.35. The molecule has 2 aromatic heterocycles. The van der Waals surface area contributed by atoms with E-state index in [-0.39, 0.29) is 17.9 Å². The summed E-state index contributed by atoms with van der Waals surface area (Å²) >= 11 is 0. The lowest BCUT2D eigenvalue weighted by molar-refractivity contribution is -0.129. The maximum atomic E-state index is 12.6. The minimum absolute atomic E-state index is 0.112. The first-order chi connectivity index (χ1) is 12.6. The van der Waals surface area contributed by atoms with Crippen molar-refractivity contribution in [3.8, 4) is 0 Å². The molecule has 26 heavy (non-hydrogen) atoms. The number of aromatic nitrogens is 3. The lowest BCUT2D eigenvalue weighted by Crippen LogP contribution is -2.40. The quantitative estimate of drug-likeness (QED) is 0.867. The molecule has 7 nitrogen and oxygen atoms in total. The second-order valence-electron chi connectivity index (χ2n) is 7.35. The highest BCUT2D eigenvalue weighted by Crippen LogP contribution is 2.38. The smallest absolute Gasteiger partial charge is 0.272 e. The Bertz CT molecular complexity index is 803. The van der Waals surface area contributed by atoms with Gasteiger partial charge in [0.15, 0.2) is 0 Å². The Hall–Kier alpha value is -2.70. The van der Waals surface area contributed by atoms with E-state index in [2.05, 4.69) is 20.5 Å². The van der Waals surface area contributed by atoms with Gasteiger partial charge in [0, 0.05) is 43.1 Å². The summed E-state index contributed by atoms with van der Waals surface area (Å²) in [5.41, 5.74) is 2.23. The van der Waals surface area contributed by atoms with Gasteiger partial charge in [-0.1, -0.05) is 6.07 Å². The van der Waals surface area contributed by atoms with Crippen molar-refractivity contribution in [2.45, 2.75) is 32.2 Å². The topological polar surface area (TPSA) is 91.0 Å². The molecule has 7 heteroatoms. The molecule has 1 aliphatic carbocycles. The SMILES string of the molecule is Cc1cc(C(=O)NC2CCC3CN(C(=O)Cc4cccnc4)CC32)n[nH]1. The molecule has 1 saturated carbocycles. The van der Waals surface area contributed by atoms with Gasteiger partial charge in [-0.3, -0.25) is 19.7 Å². The third kappa shape index (κ3) is 3.34. The van der Waals surface area contributed by atoms with Crippen LogP contribution in [0.5, 0.6) is 0 Å². The summed E-state index contributed by atoms with van der Waals surface area (Å²) in [5, 5.41) is 9.94. The maximum Gasteiger partial charge on any atom is 0.272 e. The predicted octanol–water partition coefficient (Wildman–Crippen LogP) is 1.32. The summed E-state index contributed by atoms with van der Waals surface area (Å²) in [6.07, 6.45) is 5.85. The number of nitrogens with zero attached hydrogens (tertiary/aromatic N) is 3. The average Bonchev–Trinajstić information content (AvgIpc) is 3.33. The van der Waals surface area contributed by atoms with E-state index in [4.69, 9.17) is 0 Å². The van der Waals surface area contributed by atoms with Gasteiger partial charge in [-0.25, -0.2) is 0 Å². The van der Waals surface area contributed by atoms with E-state index in [0.29, 0.717) is 30.5 Å². The van der Waals surface area contributed by atoms with E-state index in [0.717, 1.165) is 30.6 Å². The van der Waals surface area contributed by atoms with Gasteiger partial charge in [0.2, 0.25) is 5.91 Å². The highest BCUT2D eigenvalue weighted by Gasteiger charge is 2.44. The first kappa shape index (κ1) is 16.8. The number of fused-ring (bicyclic) bond motifs is 1. The Morgan fingerprint density at radius 1 is 1.35 bits per heavy atom. The van der Waals surface area contributed by atoms with Crippen molar-refractivity contribution in [1.29, 1.82) is 0 Å². The molecule has 136 valence electrons. The van der Waals surface area contributed by atoms with Crippen molar-refractivity contribution in [3.63, 3.8) is 0 Å². The van der Waals surface area contributed by atoms with E-state index in [1.54, 1.807) is 18.5 Å². The second kappa shape index (κ2) is 6.90. The highest BCUT2D eigenvalue weighted by molar-refractivity contribution is 5.92. The lowest BCUT2D eigenvalue weighted by Gasteiger charge is -2.21. The van der Waals surface area contributed by atoms with Crippen LogP contribution in [0.25, 0.3) is 0 Å². The molecular weight excluding hydrogens is 330 g/mol. The number of amides is 2. The molecule has 0 spiro atoms. The summed E-state index contributed by atoms with van der Waals surface area (Å²) in [4.78, 5) is 31.0. The van der Waals surface area contributed by atoms with Crippen LogP contribution in [0.2, 0.25) is 0 Å². The van der Waals surface area contributed by atoms with Gasteiger partial charge in [-0.2, -0.15) is 5.10 Å². The molecule has 2 aliphatic rings. The monoisotopic (exact) mass is 353 g/mol. The molecule has 3 atom stereocenters. The van der Waals surface area contributed by atoms with Crippen LogP contribution in [0.1, 0.15) is 34.6 Å². The number of carbonyl (C=O) groups excluding carboxylic acids is 2. The number of pyridine rings is 1. The van der Waals surface area contributed by atoms with E-state index in [9.17, 15) is 9.59 Å². The minimum atomic E-state index is -0.139. The number of hydrogen-bond acceptors (Lipinski definition) is 4. The average molecular weight is 353 g/mol. The molecule has 2 N–H and O–H groups in total. The fourth-order valence-corrected chi connectivity index (χ4v) is 4.21. The standard InChI is InChI=1S/C19H23N5O2/c1-12-7-17(23-22-12)19(26)21-16-5-4-14-10-24(11-15(14)16)18(25)8-13-3-2-6-20-9-13/h2-3,6-7,9,14-16H,4-5,8,10-11H2,1H3,(H,21,26)(H,22,23). The number of likely N-dealkylation sites (tertiary alicyclic amines) is 1. The summed E-state index contributed by atoms with van der Waals surface area (Å²) in [5.74, 6) is 0.802. The van der Waals surface area contributed by atoms with E-state index in [1.807, 2.05) is 24.0 Å². The molecule has 3 unspecified atom stereocenters. The van der Waals surface area contributed by atoms with Crippen LogP contribution in [0, 0.1) is 18.8 Å². The van der Waals surface area contributed by atoms with Gasteiger partial charge < -0.3 is 10.2 Å². The van der Waals surface area contributed by atoms with Crippen molar-refractivity contribution < 1.29 is 9.59 Å². The van der Waals surface area contributed by atoms with Gasteiger partial charge in [0.05, 0.1) is 6.42 Å². The summed E-state index contributed by atoms with van der Waals surface area (Å²) in [6.45, 7) is 3.38. The molecule has 3 heterocycles. The van der Waals surface area contributed by atoms with Crippen molar-refractivity contribution in [2.24, 2.45) is 11.8 Å². The minimum Gasteiger partial charge on any atom is -0.348 e. The van der Waals surface area contributed by atoms with E-state index in [1.165, 1.54) is 0 Å². The number of aromatic amines is 1. The van der Waals surface area contributed by atoms with Crippen molar-refractivity contribution >= 4 is 11.8 Å². The first-order valence-electron chi connectivity index (χ1n) is 9.09. The Morgan fingerprint density at radius 2 is 2.23 bits per heavy atom. The van der Waals surface area contributed by atoms with E-state index >= 15 is 0 Å². The van der Waals surface area contributed by atoms with Gasteiger partial charge in [-0.15, -0.1) is 0 Å². The molecule has 0 bridgehead atoms. The van der Waals surface area contributed by atoms with Crippen molar-refractivity contribution in [2.75, 3.05) is 13.1 Å². The summed E-state index contributed by atoms with van der Waals surface area (Å²) < 4.78 is 0. The van der Waals surface area contributed by atoms with Crippen LogP contribution in [0.3, 0.4) is 0 Å². The number of hydrogen-bond donors (Lipinski definition) is 2. The lowest BCUT2D eigenvalue weighted by atomic mass is 9.98. The molecule has 2 amide bonds. The van der Waals surface area contributed by atoms with Gasteiger partial charge in [0.25, 0.3) is 5.91 Å². The zero-order valence-corrected chi connectivity index (χ0v) is 14.8. The van der Waals surface area contributed by atoms with Gasteiger partial charge in [-0.05, 0) is 43.4 Å². The number of H-pyrrole nitrogens is 1. The van der Waals surface area contributed by atoms with E-state index < -0.39 is 0 Å². The Balaban J connectivity index is 1.36. The number of nitrogens with one attached hydrogen (secondary N) is 2. The molecule has 1 saturated heterocycles. The summed E-state index contributed by atoms with van der Waals surface area (Å²) in [7, 11) is 0. The molecule has 1 aliphatic heterocycles. The highest BCUT2D eigenvalue weighted by atomic mass is 16.2. The molecule has 0 radical (unpaired) electrons. The molecule has 4 rings (SSSR count). The third-order valence-electron chi connectivity index (χ3n) is 5.54. The van der Waals surface area contributed by atoms with Crippen molar-refractivity contribution in [1.82, 2.24) is 25.4 Å². The fraction of sp³-hybridized carbons (Fsp3) is 0.474. The predicted molar refractivity (Wildman–Crippen MR) is 95.3 cm³/mol. The van der Waals surface area contributed by atoms with Gasteiger partial charge >= 0.3 is 0 Å². The zero-order valence-electron chi connectivity index (χ0n) is 14.8. The molecule has 2 fully saturated rings. The summed E-state index contributed by atoms with van der Waals surface area (Å²) in [6, 6.07) is 5.64. The normalized spacial score (nSPS) is 24.5. The van der Waals surface area contributed by atoms with Crippen molar-refractivity contribution in [3.05, 3.63) is 47.5 Å². The maximum absolute atomic E-state index is 12.6. The van der Waals surface area contributed by atoms with Crippen LogP contribution in [-0.4, -0.2) is 51.0 Å². The van der Waals surface area contributed by atoms with Gasteiger partial charge in [0.1, 0.15) is 5.69 Å². The third-order valence-corrected chi connectivity index (χ3v) is 5.54. The number of aryl methyl sites for hydroxylation is 1.